The van der Waals surface area contributed by atoms with Crippen LogP contribution in [0.5, 0.6) is 0 Å². The number of epoxide rings is 1. The lowest BCUT2D eigenvalue weighted by molar-refractivity contribution is -0.0912. The predicted molar refractivity (Wildman–Crippen MR) is 64.8 cm³/mol. The SMILES string of the molecule is OC(C1CO1)C1NNC2C3CCCCC3OCC12. The van der Waals surface area contributed by atoms with Crippen molar-refractivity contribution < 1.29 is 14.6 Å². The van der Waals surface area contributed by atoms with Crippen LogP contribution in [-0.4, -0.2) is 48.7 Å². The second kappa shape index (κ2) is 4.42. The van der Waals surface area contributed by atoms with Crippen molar-refractivity contribution in [3.63, 3.8) is 0 Å². The van der Waals surface area contributed by atoms with Gasteiger partial charge in [-0.15, -0.1) is 0 Å². The number of hydrogen-bond donors (Lipinski definition) is 3. The van der Waals surface area contributed by atoms with E-state index in [0.29, 0.717) is 30.6 Å². The highest BCUT2D eigenvalue weighted by molar-refractivity contribution is 5.04. The van der Waals surface area contributed by atoms with Gasteiger partial charge in [-0.2, -0.15) is 0 Å². The molecular weight excluding hydrogens is 232 g/mol. The maximum Gasteiger partial charge on any atom is 0.108 e. The molecule has 7 atom stereocenters. The van der Waals surface area contributed by atoms with Gasteiger partial charge in [0.25, 0.3) is 0 Å². The Morgan fingerprint density at radius 1 is 1.00 bits per heavy atom. The lowest BCUT2D eigenvalue weighted by Gasteiger charge is -2.43. The van der Waals surface area contributed by atoms with E-state index in [1.165, 1.54) is 25.7 Å². The summed E-state index contributed by atoms with van der Waals surface area (Å²) in [5.74, 6) is 0.992. The minimum atomic E-state index is -0.406. The van der Waals surface area contributed by atoms with Crippen molar-refractivity contribution in [1.82, 2.24) is 10.9 Å². The zero-order valence-corrected chi connectivity index (χ0v) is 10.5. The maximum atomic E-state index is 10.2. The summed E-state index contributed by atoms with van der Waals surface area (Å²) in [6, 6.07) is 0.535. The second-order valence-electron chi connectivity index (χ2n) is 6.19. The van der Waals surface area contributed by atoms with Crippen molar-refractivity contribution in [3.05, 3.63) is 0 Å². The van der Waals surface area contributed by atoms with E-state index in [0.717, 1.165) is 6.61 Å². The van der Waals surface area contributed by atoms with Crippen LogP contribution in [0, 0.1) is 11.8 Å². The molecule has 1 saturated carbocycles. The van der Waals surface area contributed by atoms with Crippen LogP contribution in [0.25, 0.3) is 0 Å². The van der Waals surface area contributed by atoms with Crippen LogP contribution < -0.4 is 10.9 Å². The lowest BCUT2D eigenvalue weighted by atomic mass is 9.73. The molecule has 0 aromatic heterocycles. The topological polar surface area (TPSA) is 66.0 Å². The third-order valence-electron chi connectivity index (χ3n) is 5.16. The van der Waals surface area contributed by atoms with Gasteiger partial charge in [0.15, 0.2) is 0 Å². The monoisotopic (exact) mass is 254 g/mol. The molecule has 102 valence electrons. The molecule has 0 spiro atoms. The van der Waals surface area contributed by atoms with Gasteiger partial charge in [-0.3, -0.25) is 10.9 Å². The summed E-state index contributed by atoms with van der Waals surface area (Å²) in [4.78, 5) is 0. The van der Waals surface area contributed by atoms with Gasteiger partial charge >= 0.3 is 0 Å². The van der Waals surface area contributed by atoms with Gasteiger partial charge in [0.2, 0.25) is 0 Å². The molecule has 3 aliphatic heterocycles. The fourth-order valence-corrected chi connectivity index (χ4v) is 4.06. The number of nitrogens with one attached hydrogen (secondary N) is 2. The number of rotatable bonds is 2. The Bertz CT molecular complexity index is 323. The summed E-state index contributed by atoms with van der Waals surface area (Å²) in [6.07, 6.45) is 5.13. The van der Waals surface area contributed by atoms with Crippen LogP contribution in [0.1, 0.15) is 25.7 Å². The molecule has 0 radical (unpaired) electrons. The molecule has 4 fully saturated rings. The Morgan fingerprint density at radius 2 is 1.83 bits per heavy atom. The summed E-state index contributed by atoms with van der Waals surface area (Å²) >= 11 is 0. The highest BCUT2D eigenvalue weighted by atomic mass is 16.6. The Labute approximate surface area is 107 Å². The fourth-order valence-electron chi connectivity index (χ4n) is 4.06. The summed E-state index contributed by atoms with van der Waals surface area (Å²) in [6.45, 7) is 1.46. The molecule has 3 heterocycles. The number of hydrogen-bond acceptors (Lipinski definition) is 5. The van der Waals surface area contributed by atoms with Crippen molar-refractivity contribution in [2.75, 3.05) is 13.2 Å². The molecule has 5 nitrogen and oxygen atoms in total. The van der Waals surface area contributed by atoms with Gasteiger partial charge in [0.1, 0.15) is 6.10 Å². The molecule has 0 bridgehead atoms. The molecule has 7 unspecified atom stereocenters. The zero-order valence-electron chi connectivity index (χ0n) is 10.5. The number of aliphatic hydroxyl groups is 1. The predicted octanol–water partition coefficient (Wildman–Crippen LogP) is -0.204. The van der Waals surface area contributed by atoms with Crippen molar-refractivity contribution in [2.45, 2.75) is 56.1 Å². The first-order valence-electron chi connectivity index (χ1n) is 7.27. The molecule has 3 saturated heterocycles. The van der Waals surface area contributed by atoms with Crippen molar-refractivity contribution in [1.29, 1.82) is 0 Å². The average molecular weight is 254 g/mol. The molecule has 5 heteroatoms. The van der Waals surface area contributed by atoms with Crippen LogP contribution in [-0.2, 0) is 9.47 Å². The molecule has 0 aromatic rings. The molecule has 4 rings (SSSR count). The highest BCUT2D eigenvalue weighted by Gasteiger charge is 2.52. The Kier molecular flexibility index (Phi) is 2.85. The Morgan fingerprint density at radius 3 is 2.67 bits per heavy atom. The quantitative estimate of drug-likeness (QED) is 0.595. The van der Waals surface area contributed by atoms with E-state index in [-0.39, 0.29) is 12.1 Å². The number of hydrazine groups is 1. The molecule has 0 aromatic carbocycles. The molecule has 3 N–H and O–H groups in total. The van der Waals surface area contributed by atoms with Gasteiger partial charge in [-0.1, -0.05) is 12.8 Å². The second-order valence-corrected chi connectivity index (χ2v) is 6.19. The zero-order chi connectivity index (χ0) is 12.1. The van der Waals surface area contributed by atoms with Gasteiger partial charge in [0, 0.05) is 17.9 Å². The Hall–Kier alpha value is -0.200. The van der Waals surface area contributed by atoms with E-state index in [1.54, 1.807) is 0 Å². The van der Waals surface area contributed by atoms with Crippen molar-refractivity contribution >= 4 is 0 Å². The van der Waals surface area contributed by atoms with E-state index < -0.39 is 6.10 Å². The van der Waals surface area contributed by atoms with Crippen LogP contribution >= 0.6 is 0 Å². The van der Waals surface area contributed by atoms with E-state index >= 15 is 0 Å². The van der Waals surface area contributed by atoms with Crippen molar-refractivity contribution in [2.24, 2.45) is 11.8 Å². The smallest absolute Gasteiger partial charge is 0.108 e. The standard InChI is InChI=1S/C13H22N2O3/c16-13(10-6-18-10)12-8-5-17-9-4-2-1-3-7(9)11(8)14-15-12/h7-16H,1-6H2. The van der Waals surface area contributed by atoms with Crippen LogP contribution in [0.3, 0.4) is 0 Å². The van der Waals surface area contributed by atoms with Gasteiger partial charge in [-0.05, 0) is 12.8 Å². The van der Waals surface area contributed by atoms with Crippen molar-refractivity contribution in [3.8, 4) is 0 Å². The Balaban J connectivity index is 1.49. The molecule has 0 amide bonds. The minimum absolute atomic E-state index is 0.0344. The minimum Gasteiger partial charge on any atom is -0.389 e. The molecule has 1 aliphatic carbocycles. The first-order chi connectivity index (χ1) is 8.84. The first-order valence-corrected chi connectivity index (χ1v) is 7.27. The third-order valence-corrected chi connectivity index (χ3v) is 5.16. The van der Waals surface area contributed by atoms with E-state index in [4.69, 9.17) is 9.47 Å². The molecule has 18 heavy (non-hydrogen) atoms. The maximum absolute atomic E-state index is 10.2. The molecular formula is C13H22N2O3. The van der Waals surface area contributed by atoms with E-state index in [2.05, 4.69) is 10.9 Å². The molecule has 4 aliphatic rings. The number of ether oxygens (including phenoxy) is 2. The van der Waals surface area contributed by atoms with Crippen LogP contribution in [0.4, 0.5) is 0 Å². The van der Waals surface area contributed by atoms with E-state index in [9.17, 15) is 5.11 Å². The summed E-state index contributed by atoms with van der Waals surface area (Å²) < 4.78 is 11.3. The van der Waals surface area contributed by atoms with Gasteiger partial charge < -0.3 is 14.6 Å². The highest BCUT2D eigenvalue weighted by Crippen LogP contribution is 2.40. The summed E-state index contributed by atoms with van der Waals surface area (Å²) in [7, 11) is 0. The van der Waals surface area contributed by atoms with Gasteiger partial charge in [0.05, 0.1) is 31.5 Å². The third kappa shape index (κ3) is 1.80. The van der Waals surface area contributed by atoms with Crippen LogP contribution in [0.2, 0.25) is 0 Å². The summed E-state index contributed by atoms with van der Waals surface area (Å²) in [5.41, 5.74) is 6.72. The van der Waals surface area contributed by atoms with Gasteiger partial charge in [-0.25, -0.2) is 0 Å². The largest absolute Gasteiger partial charge is 0.389 e. The van der Waals surface area contributed by atoms with E-state index in [1.807, 2.05) is 0 Å². The fraction of sp³-hybridized carbons (Fsp3) is 1.00. The average Bonchev–Trinajstić information content (AvgIpc) is 3.17. The lowest BCUT2D eigenvalue weighted by Crippen LogP contribution is -2.52. The number of fused-ring (bicyclic) bond motifs is 3. The summed E-state index contributed by atoms with van der Waals surface area (Å²) in [5, 5.41) is 10.2. The number of aliphatic hydroxyl groups excluding tert-OH is 1. The normalized spacial score (nSPS) is 52.5. The van der Waals surface area contributed by atoms with Crippen LogP contribution in [0.15, 0.2) is 0 Å². The first kappa shape index (κ1) is 11.6.